The summed E-state index contributed by atoms with van der Waals surface area (Å²) in [5.74, 6) is 0.578. The molecule has 3 aromatic rings. The van der Waals surface area contributed by atoms with E-state index in [0.717, 1.165) is 48.4 Å². The van der Waals surface area contributed by atoms with Gasteiger partial charge in [-0.25, -0.2) is 4.68 Å². The van der Waals surface area contributed by atoms with Crippen LogP contribution in [0.2, 0.25) is 0 Å². The fraction of sp³-hybridized carbons (Fsp3) is 0.240. The predicted molar refractivity (Wildman–Crippen MR) is 120 cm³/mol. The van der Waals surface area contributed by atoms with Crippen molar-refractivity contribution in [3.05, 3.63) is 77.5 Å². The van der Waals surface area contributed by atoms with Crippen LogP contribution in [0.1, 0.15) is 29.9 Å². The number of aromatic nitrogens is 2. The number of nitrogens with zero attached hydrogens (tertiary/aromatic N) is 3. The minimum Gasteiger partial charge on any atom is -0.317 e. The molecule has 2 aliphatic rings. The van der Waals surface area contributed by atoms with Crippen LogP contribution in [0.15, 0.2) is 71.4 Å². The molecule has 1 saturated heterocycles. The Balaban J connectivity index is 1.62. The van der Waals surface area contributed by atoms with Crippen molar-refractivity contribution >= 4 is 18.1 Å². The minimum atomic E-state index is 0.0527. The molecule has 0 atom stereocenters. The first-order valence-corrected chi connectivity index (χ1v) is 10.5. The molecule has 0 saturated carbocycles. The summed E-state index contributed by atoms with van der Waals surface area (Å²) < 4.78 is 1.97. The van der Waals surface area contributed by atoms with Crippen molar-refractivity contribution in [2.45, 2.75) is 18.8 Å². The van der Waals surface area contributed by atoms with Crippen molar-refractivity contribution in [3.63, 3.8) is 0 Å². The Morgan fingerprint density at radius 3 is 2.53 bits per heavy atom. The van der Waals surface area contributed by atoms with Gasteiger partial charge in [0.1, 0.15) is 6.54 Å². The number of rotatable bonds is 4. The van der Waals surface area contributed by atoms with Gasteiger partial charge in [-0.05, 0) is 49.6 Å². The largest absolute Gasteiger partial charge is 0.317 e. The van der Waals surface area contributed by atoms with E-state index in [1.165, 1.54) is 5.56 Å². The van der Waals surface area contributed by atoms with E-state index in [0.29, 0.717) is 11.5 Å². The molecule has 5 rings (SSSR count). The Labute approximate surface area is 176 Å². The molecule has 0 bridgehead atoms. The SMILES string of the molecule is O=C1CN=C/C1=C/c1cn(-c2ccccc2C2CCNCC2)nc1-c1ccccc1. The van der Waals surface area contributed by atoms with Crippen LogP contribution >= 0.6 is 0 Å². The van der Waals surface area contributed by atoms with Gasteiger partial charge in [0.25, 0.3) is 0 Å². The van der Waals surface area contributed by atoms with Crippen LogP contribution in [0, 0.1) is 0 Å². The topological polar surface area (TPSA) is 59.3 Å². The molecular weight excluding hydrogens is 372 g/mol. The van der Waals surface area contributed by atoms with E-state index in [9.17, 15) is 4.79 Å². The zero-order valence-electron chi connectivity index (χ0n) is 16.8. The summed E-state index contributed by atoms with van der Waals surface area (Å²) in [4.78, 5) is 16.2. The zero-order valence-corrected chi connectivity index (χ0v) is 16.8. The van der Waals surface area contributed by atoms with E-state index in [4.69, 9.17) is 5.10 Å². The third kappa shape index (κ3) is 3.64. The van der Waals surface area contributed by atoms with Gasteiger partial charge in [-0.3, -0.25) is 9.79 Å². The summed E-state index contributed by atoms with van der Waals surface area (Å²) in [6.45, 7) is 2.33. The van der Waals surface area contributed by atoms with Crippen molar-refractivity contribution in [1.82, 2.24) is 15.1 Å². The minimum absolute atomic E-state index is 0.0527. The molecule has 5 nitrogen and oxygen atoms in total. The number of para-hydroxylation sites is 1. The second-order valence-corrected chi connectivity index (χ2v) is 7.82. The lowest BCUT2D eigenvalue weighted by Gasteiger charge is -2.25. The van der Waals surface area contributed by atoms with Gasteiger partial charge in [-0.1, -0.05) is 48.5 Å². The number of aliphatic imine (C=N–C) groups is 1. The monoisotopic (exact) mass is 396 g/mol. The summed E-state index contributed by atoms with van der Waals surface area (Å²) in [6, 6.07) is 18.7. The summed E-state index contributed by atoms with van der Waals surface area (Å²) in [5.41, 5.74) is 5.91. The molecule has 0 amide bonds. The average Bonchev–Trinajstić information content (AvgIpc) is 3.41. The van der Waals surface area contributed by atoms with Crippen LogP contribution in [-0.4, -0.2) is 41.4 Å². The molecule has 2 aromatic carbocycles. The first-order chi connectivity index (χ1) is 14.8. The maximum atomic E-state index is 12.1. The van der Waals surface area contributed by atoms with Crippen LogP contribution in [0.3, 0.4) is 0 Å². The average molecular weight is 396 g/mol. The molecular formula is C25H24N4O. The first-order valence-electron chi connectivity index (χ1n) is 10.5. The lowest BCUT2D eigenvalue weighted by molar-refractivity contribution is -0.113. The van der Waals surface area contributed by atoms with Gasteiger partial charge in [0.05, 0.1) is 11.4 Å². The molecule has 3 heterocycles. The Morgan fingerprint density at radius 1 is 1.00 bits per heavy atom. The van der Waals surface area contributed by atoms with Gasteiger partial charge < -0.3 is 5.32 Å². The molecule has 2 aliphatic heterocycles. The van der Waals surface area contributed by atoms with Crippen LogP contribution in [-0.2, 0) is 4.79 Å². The first kappa shape index (κ1) is 18.7. The maximum absolute atomic E-state index is 12.1. The molecule has 30 heavy (non-hydrogen) atoms. The van der Waals surface area contributed by atoms with E-state index < -0.39 is 0 Å². The number of Topliss-reactive ketones (excluding diaryl/α,β-unsaturated/α-hetero) is 1. The van der Waals surface area contributed by atoms with Gasteiger partial charge >= 0.3 is 0 Å². The highest BCUT2D eigenvalue weighted by molar-refractivity contribution is 6.21. The normalized spacial score (nSPS) is 18.4. The number of carbonyl (C=O) groups is 1. The van der Waals surface area contributed by atoms with Gasteiger partial charge in [0, 0.05) is 29.1 Å². The van der Waals surface area contributed by atoms with E-state index in [1.807, 2.05) is 35.2 Å². The molecule has 1 aromatic heterocycles. The Bertz CT molecular complexity index is 1120. The lowest BCUT2D eigenvalue weighted by atomic mass is 9.89. The Kier molecular flexibility index (Phi) is 5.11. The fourth-order valence-electron chi connectivity index (χ4n) is 4.29. The highest BCUT2D eigenvalue weighted by Crippen LogP contribution is 2.32. The van der Waals surface area contributed by atoms with Crippen molar-refractivity contribution in [2.24, 2.45) is 4.99 Å². The van der Waals surface area contributed by atoms with Crippen LogP contribution < -0.4 is 5.32 Å². The van der Waals surface area contributed by atoms with E-state index in [2.05, 4.69) is 46.7 Å². The molecule has 0 spiro atoms. The molecule has 5 heteroatoms. The van der Waals surface area contributed by atoms with Crippen molar-refractivity contribution in [3.8, 4) is 16.9 Å². The molecule has 0 aliphatic carbocycles. The molecule has 150 valence electrons. The highest BCUT2D eigenvalue weighted by Gasteiger charge is 2.21. The third-order valence-corrected chi connectivity index (χ3v) is 5.85. The second kappa shape index (κ2) is 8.20. The summed E-state index contributed by atoms with van der Waals surface area (Å²) in [7, 11) is 0. The van der Waals surface area contributed by atoms with Gasteiger partial charge in [-0.2, -0.15) is 5.10 Å². The predicted octanol–water partition coefficient (Wildman–Crippen LogP) is 4.04. The Hall–Kier alpha value is -3.31. The maximum Gasteiger partial charge on any atom is 0.185 e. The van der Waals surface area contributed by atoms with E-state index in [-0.39, 0.29) is 12.3 Å². The molecule has 1 fully saturated rings. The fourth-order valence-corrected chi connectivity index (χ4v) is 4.29. The van der Waals surface area contributed by atoms with Gasteiger partial charge in [0.2, 0.25) is 0 Å². The van der Waals surface area contributed by atoms with Crippen LogP contribution in [0.5, 0.6) is 0 Å². The van der Waals surface area contributed by atoms with Gasteiger partial charge in [0.15, 0.2) is 5.78 Å². The van der Waals surface area contributed by atoms with E-state index >= 15 is 0 Å². The summed E-state index contributed by atoms with van der Waals surface area (Å²) in [6.07, 6.45) is 7.88. The number of benzene rings is 2. The van der Waals surface area contributed by atoms with Crippen molar-refractivity contribution in [2.75, 3.05) is 19.6 Å². The summed E-state index contributed by atoms with van der Waals surface area (Å²) >= 11 is 0. The smallest absolute Gasteiger partial charge is 0.185 e. The molecule has 0 unspecified atom stereocenters. The number of carbonyl (C=O) groups excluding carboxylic acids is 1. The zero-order chi connectivity index (χ0) is 20.3. The van der Waals surface area contributed by atoms with Crippen molar-refractivity contribution in [1.29, 1.82) is 0 Å². The van der Waals surface area contributed by atoms with E-state index in [1.54, 1.807) is 6.21 Å². The highest BCUT2D eigenvalue weighted by atomic mass is 16.1. The standard InChI is InChI=1S/C25H24N4O/c30-24-16-27-15-20(24)14-21-17-29(28-25(21)19-6-2-1-3-7-19)23-9-5-4-8-22(23)18-10-12-26-13-11-18/h1-9,14-15,17-18,26H,10-13,16H2/b20-14-. The quantitative estimate of drug-likeness (QED) is 0.677. The number of piperidine rings is 1. The lowest BCUT2D eigenvalue weighted by Crippen LogP contribution is -2.27. The van der Waals surface area contributed by atoms with Crippen LogP contribution in [0.4, 0.5) is 0 Å². The number of hydrogen-bond acceptors (Lipinski definition) is 4. The van der Waals surface area contributed by atoms with Crippen molar-refractivity contribution < 1.29 is 4.79 Å². The third-order valence-electron chi connectivity index (χ3n) is 5.85. The molecule has 0 radical (unpaired) electrons. The number of hydrogen-bond donors (Lipinski definition) is 1. The van der Waals surface area contributed by atoms with Gasteiger partial charge in [-0.15, -0.1) is 0 Å². The summed E-state index contributed by atoms with van der Waals surface area (Å²) in [5, 5.41) is 8.42. The van der Waals surface area contributed by atoms with Crippen LogP contribution in [0.25, 0.3) is 23.0 Å². The second-order valence-electron chi connectivity index (χ2n) is 7.82. The number of ketones is 1. The molecule has 1 N–H and O–H groups in total. The Morgan fingerprint density at radius 2 is 1.77 bits per heavy atom. The number of nitrogens with one attached hydrogen (secondary N) is 1.